The molecule has 12 heavy (non-hydrogen) atoms. The molecule has 1 heterocycles. The molecule has 72 valence electrons. The fourth-order valence-corrected chi connectivity index (χ4v) is 1.82. The van der Waals surface area contributed by atoms with Gasteiger partial charge < -0.3 is 9.64 Å². The molecule has 1 saturated heterocycles. The largest absolute Gasteiger partial charge is 0.383 e. The minimum absolute atomic E-state index is 0.596. The number of piperazine rings is 1. The molecule has 1 rings (SSSR count). The number of hydrogen-bond donors (Lipinski definition) is 0. The van der Waals surface area contributed by atoms with E-state index >= 15 is 0 Å². The Hall–Kier alpha value is -0.120. The Morgan fingerprint density at radius 3 is 2.75 bits per heavy atom. The lowest BCUT2D eigenvalue weighted by Crippen LogP contribution is -2.53. The summed E-state index contributed by atoms with van der Waals surface area (Å²) in [7, 11) is 3.96. The van der Waals surface area contributed by atoms with E-state index in [0.29, 0.717) is 6.04 Å². The average molecular weight is 172 g/mol. The molecule has 0 aromatic rings. The Bertz CT molecular complexity index is 130. The highest BCUT2D eigenvalue weighted by Crippen LogP contribution is 2.07. The van der Waals surface area contributed by atoms with Gasteiger partial charge >= 0.3 is 0 Å². The zero-order valence-electron chi connectivity index (χ0n) is 8.42. The van der Waals surface area contributed by atoms with Gasteiger partial charge in [0.1, 0.15) is 0 Å². The molecule has 0 aromatic carbocycles. The third-order valence-electron chi connectivity index (χ3n) is 2.57. The summed E-state index contributed by atoms with van der Waals surface area (Å²) in [6.07, 6.45) is 0. The Morgan fingerprint density at radius 1 is 1.42 bits per heavy atom. The van der Waals surface area contributed by atoms with Crippen molar-refractivity contribution in [3.05, 3.63) is 0 Å². The molecule has 0 N–H and O–H groups in total. The molecular formula is C9H20N2O. The summed E-state index contributed by atoms with van der Waals surface area (Å²) in [6.45, 7) is 7.73. The molecule has 1 fully saturated rings. The molecule has 0 aromatic heterocycles. The van der Waals surface area contributed by atoms with Crippen molar-refractivity contribution in [2.24, 2.45) is 0 Å². The molecule has 1 unspecified atom stereocenters. The van der Waals surface area contributed by atoms with Crippen LogP contribution in [-0.2, 0) is 4.74 Å². The Labute approximate surface area is 75.3 Å². The van der Waals surface area contributed by atoms with E-state index in [1.807, 2.05) is 0 Å². The van der Waals surface area contributed by atoms with Crippen LogP contribution in [0.25, 0.3) is 0 Å². The van der Waals surface area contributed by atoms with Crippen molar-refractivity contribution in [2.75, 3.05) is 46.9 Å². The first-order valence-electron chi connectivity index (χ1n) is 4.69. The highest BCUT2D eigenvalue weighted by Gasteiger charge is 2.23. The second-order valence-electron chi connectivity index (χ2n) is 3.50. The Morgan fingerprint density at radius 2 is 2.17 bits per heavy atom. The second-order valence-corrected chi connectivity index (χ2v) is 3.50. The monoisotopic (exact) mass is 172 g/mol. The quantitative estimate of drug-likeness (QED) is 0.607. The van der Waals surface area contributed by atoms with Gasteiger partial charge in [-0.2, -0.15) is 0 Å². The van der Waals surface area contributed by atoms with Crippen molar-refractivity contribution in [3.63, 3.8) is 0 Å². The molecule has 3 nitrogen and oxygen atoms in total. The predicted molar refractivity (Wildman–Crippen MR) is 50.4 cm³/mol. The van der Waals surface area contributed by atoms with Crippen LogP contribution in [0.5, 0.6) is 0 Å². The molecule has 0 amide bonds. The van der Waals surface area contributed by atoms with Gasteiger partial charge in [0.2, 0.25) is 0 Å². The third-order valence-corrected chi connectivity index (χ3v) is 2.57. The number of nitrogens with zero attached hydrogens (tertiary/aromatic N) is 2. The van der Waals surface area contributed by atoms with Crippen molar-refractivity contribution in [1.29, 1.82) is 0 Å². The number of ether oxygens (including phenoxy) is 1. The van der Waals surface area contributed by atoms with Crippen LogP contribution < -0.4 is 0 Å². The van der Waals surface area contributed by atoms with Crippen molar-refractivity contribution >= 4 is 0 Å². The first-order chi connectivity index (χ1) is 5.77. The minimum Gasteiger partial charge on any atom is -0.383 e. The van der Waals surface area contributed by atoms with Crippen molar-refractivity contribution in [2.45, 2.75) is 13.0 Å². The standard InChI is InChI=1S/C9H20N2O/c1-4-11-6-5-10(2)7-9(11)8-12-3/h9H,4-8H2,1-3H3. The van der Waals surface area contributed by atoms with Gasteiger partial charge in [-0.3, -0.25) is 4.90 Å². The molecule has 1 aliphatic heterocycles. The van der Waals surface area contributed by atoms with Crippen LogP contribution >= 0.6 is 0 Å². The lowest BCUT2D eigenvalue weighted by molar-refractivity contribution is 0.0377. The summed E-state index contributed by atoms with van der Waals surface area (Å²) < 4.78 is 5.19. The van der Waals surface area contributed by atoms with Crippen LogP contribution in [0, 0.1) is 0 Å². The van der Waals surface area contributed by atoms with E-state index in [0.717, 1.165) is 19.7 Å². The van der Waals surface area contributed by atoms with E-state index < -0.39 is 0 Å². The third kappa shape index (κ3) is 2.44. The first kappa shape index (κ1) is 9.96. The maximum atomic E-state index is 5.19. The van der Waals surface area contributed by atoms with Crippen LogP contribution in [0.3, 0.4) is 0 Å². The summed E-state index contributed by atoms with van der Waals surface area (Å²) in [6, 6.07) is 0.596. The Kier molecular flexibility index (Phi) is 3.98. The summed E-state index contributed by atoms with van der Waals surface area (Å²) in [5.41, 5.74) is 0. The minimum atomic E-state index is 0.596. The molecule has 0 bridgehead atoms. The topological polar surface area (TPSA) is 15.7 Å². The van der Waals surface area contributed by atoms with Gasteiger partial charge in [0.05, 0.1) is 6.61 Å². The number of rotatable bonds is 3. The van der Waals surface area contributed by atoms with Gasteiger partial charge in [-0.15, -0.1) is 0 Å². The molecule has 3 heteroatoms. The van der Waals surface area contributed by atoms with Crippen molar-refractivity contribution < 1.29 is 4.74 Å². The van der Waals surface area contributed by atoms with Gasteiger partial charge in [-0.05, 0) is 13.6 Å². The van der Waals surface area contributed by atoms with E-state index in [9.17, 15) is 0 Å². The van der Waals surface area contributed by atoms with E-state index in [2.05, 4.69) is 23.8 Å². The molecule has 0 radical (unpaired) electrons. The molecule has 1 atom stereocenters. The first-order valence-corrected chi connectivity index (χ1v) is 4.69. The smallest absolute Gasteiger partial charge is 0.0630 e. The van der Waals surface area contributed by atoms with Crippen molar-refractivity contribution in [1.82, 2.24) is 9.80 Å². The molecule has 0 saturated carbocycles. The zero-order chi connectivity index (χ0) is 8.97. The second kappa shape index (κ2) is 4.80. The maximum Gasteiger partial charge on any atom is 0.0630 e. The van der Waals surface area contributed by atoms with Crippen LogP contribution in [-0.4, -0.2) is 62.8 Å². The summed E-state index contributed by atoms with van der Waals surface area (Å²) in [5, 5.41) is 0. The van der Waals surface area contributed by atoms with Gasteiger partial charge in [0, 0.05) is 32.8 Å². The van der Waals surface area contributed by atoms with E-state index in [1.54, 1.807) is 7.11 Å². The Balaban J connectivity index is 2.40. The van der Waals surface area contributed by atoms with E-state index in [-0.39, 0.29) is 0 Å². The van der Waals surface area contributed by atoms with Gasteiger partial charge in [0.15, 0.2) is 0 Å². The normalized spacial score (nSPS) is 27.8. The van der Waals surface area contributed by atoms with Gasteiger partial charge in [-0.25, -0.2) is 0 Å². The zero-order valence-corrected chi connectivity index (χ0v) is 8.42. The number of hydrogen-bond acceptors (Lipinski definition) is 3. The fraction of sp³-hybridized carbons (Fsp3) is 1.00. The predicted octanol–water partition coefficient (Wildman–Crippen LogP) is 0.269. The fourth-order valence-electron chi connectivity index (χ4n) is 1.82. The van der Waals surface area contributed by atoms with E-state index in [4.69, 9.17) is 4.74 Å². The van der Waals surface area contributed by atoms with Crippen LogP contribution in [0.2, 0.25) is 0 Å². The lowest BCUT2D eigenvalue weighted by atomic mass is 10.2. The van der Waals surface area contributed by atoms with Crippen LogP contribution in [0.4, 0.5) is 0 Å². The SMILES string of the molecule is CCN1CCN(C)CC1COC. The average Bonchev–Trinajstić information content (AvgIpc) is 2.05. The molecule has 1 aliphatic rings. The van der Waals surface area contributed by atoms with Gasteiger partial charge in [0.25, 0.3) is 0 Å². The molecular weight excluding hydrogens is 152 g/mol. The molecule has 0 aliphatic carbocycles. The van der Waals surface area contributed by atoms with Crippen molar-refractivity contribution in [3.8, 4) is 0 Å². The summed E-state index contributed by atoms with van der Waals surface area (Å²) >= 11 is 0. The van der Waals surface area contributed by atoms with E-state index in [1.165, 1.54) is 13.1 Å². The maximum absolute atomic E-state index is 5.19. The summed E-state index contributed by atoms with van der Waals surface area (Å²) in [5.74, 6) is 0. The number of likely N-dealkylation sites (N-methyl/N-ethyl adjacent to an activating group) is 2. The highest BCUT2D eigenvalue weighted by molar-refractivity contribution is 4.79. The highest BCUT2D eigenvalue weighted by atomic mass is 16.5. The van der Waals surface area contributed by atoms with Gasteiger partial charge in [-0.1, -0.05) is 6.92 Å². The number of methoxy groups -OCH3 is 1. The summed E-state index contributed by atoms with van der Waals surface area (Å²) in [4.78, 5) is 4.86. The molecule has 0 spiro atoms. The van der Waals surface area contributed by atoms with Crippen LogP contribution in [0.1, 0.15) is 6.92 Å². The lowest BCUT2D eigenvalue weighted by Gasteiger charge is -2.39. The van der Waals surface area contributed by atoms with Crippen LogP contribution in [0.15, 0.2) is 0 Å².